The quantitative estimate of drug-likeness (QED) is 0.170. The van der Waals surface area contributed by atoms with Crippen LogP contribution >= 0.6 is 0 Å². The number of carbonyl (C=O) groups is 2. The number of ether oxygens (including phenoxy) is 3. The SMILES string of the molecule is C[n+]1c2ccc(OCC(ON)C(=O)OC(C)(C)C)cc2cn1CC(CNC(=O)OC(C)(C)C)O[Si](C)(C)C(C)(C)C. The number of fused-ring (bicyclic) bond motifs is 1. The lowest BCUT2D eigenvalue weighted by Crippen LogP contribution is -2.51. The summed E-state index contributed by atoms with van der Waals surface area (Å²) in [5, 5.41) is 3.81. The van der Waals surface area contributed by atoms with E-state index in [2.05, 4.69) is 43.9 Å². The number of rotatable bonds is 11. The number of aromatic nitrogens is 2. The van der Waals surface area contributed by atoms with Crippen molar-refractivity contribution in [2.24, 2.45) is 12.9 Å². The fraction of sp³-hybridized carbons (Fsp3) is 0.690. The van der Waals surface area contributed by atoms with E-state index in [0.717, 1.165) is 10.9 Å². The molecule has 0 radical (unpaired) electrons. The minimum absolute atomic E-state index is 0.00258. The Labute approximate surface area is 245 Å². The Morgan fingerprint density at radius 3 is 2.17 bits per heavy atom. The van der Waals surface area contributed by atoms with Crippen LogP contribution in [0.25, 0.3) is 10.9 Å². The Balaban J connectivity index is 2.23. The summed E-state index contributed by atoms with van der Waals surface area (Å²) in [5.41, 5.74) is -0.283. The first-order chi connectivity index (χ1) is 18.6. The minimum atomic E-state index is -2.15. The van der Waals surface area contributed by atoms with Crippen LogP contribution in [0.5, 0.6) is 5.75 Å². The van der Waals surface area contributed by atoms with Crippen molar-refractivity contribution >= 4 is 31.3 Å². The number of benzene rings is 1. The lowest BCUT2D eigenvalue weighted by atomic mass is 10.2. The molecular weight excluding hydrogens is 544 g/mol. The first-order valence-corrected chi connectivity index (χ1v) is 16.9. The summed E-state index contributed by atoms with van der Waals surface area (Å²) < 4.78 is 27.4. The minimum Gasteiger partial charge on any atom is -0.490 e. The van der Waals surface area contributed by atoms with Gasteiger partial charge in [0.15, 0.2) is 15.4 Å². The van der Waals surface area contributed by atoms with Gasteiger partial charge in [0.2, 0.25) is 11.6 Å². The van der Waals surface area contributed by atoms with Crippen molar-refractivity contribution in [3.05, 3.63) is 24.4 Å². The van der Waals surface area contributed by atoms with Gasteiger partial charge in [-0.15, -0.1) is 4.68 Å². The summed E-state index contributed by atoms with van der Waals surface area (Å²) in [6.07, 6.45) is 0.179. The maximum atomic E-state index is 12.4. The van der Waals surface area contributed by atoms with Gasteiger partial charge in [0.05, 0.1) is 17.7 Å². The summed E-state index contributed by atoms with van der Waals surface area (Å²) >= 11 is 0. The van der Waals surface area contributed by atoms with Gasteiger partial charge in [-0.1, -0.05) is 20.8 Å². The summed E-state index contributed by atoms with van der Waals surface area (Å²) in [7, 11) is -0.184. The number of hydrogen-bond acceptors (Lipinski definition) is 8. The number of hydrogen-bond donors (Lipinski definition) is 2. The van der Waals surface area contributed by atoms with E-state index in [4.69, 9.17) is 29.4 Å². The van der Waals surface area contributed by atoms with Crippen LogP contribution in [0, 0.1) is 0 Å². The van der Waals surface area contributed by atoms with Gasteiger partial charge in [-0.2, -0.15) is 4.68 Å². The summed E-state index contributed by atoms with van der Waals surface area (Å²) in [5.74, 6) is 5.30. The second-order valence-corrected chi connectivity index (χ2v) is 18.6. The number of amides is 1. The molecule has 0 aliphatic heterocycles. The summed E-state index contributed by atoms with van der Waals surface area (Å²) in [6.45, 7) is 22.5. The lowest BCUT2D eigenvalue weighted by Gasteiger charge is -2.39. The van der Waals surface area contributed by atoms with Crippen LogP contribution in [0.15, 0.2) is 24.4 Å². The second-order valence-electron chi connectivity index (χ2n) is 13.8. The van der Waals surface area contributed by atoms with Crippen LogP contribution in [0.4, 0.5) is 4.79 Å². The van der Waals surface area contributed by atoms with Crippen molar-refractivity contribution in [2.75, 3.05) is 13.2 Å². The zero-order valence-corrected chi connectivity index (χ0v) is 27.9. The van der Waals surface area contributed by atoms with E-state index >= 15 is 0 Å². The molecule has 0 spiro atoms. The maximum absolute atomic E-state index is 12.4. The van der Waals surface area contributed by atoms with Crippen LogP contribution in [0.3, 0.4) is 0 Å². The van der Waals surface area contributed by atoms with Crippen LogP contribution in [-0.4, -0.2) is 61.6 Å². The molecule has 0 saturated heterocycles. The average Bonchev–Trinajstić information content (AvgIpc) is 3.09. The number of aryl methyl sites for hydroxylation is 1. The van der Waals surface area contributed by atoms with Gasteiger partial charge in [-0.25, -0.2) is 15.5 Å². The number of nitrogens with two attached hydrogens (primary N) is 1. The van der Waals surface area contributed by atoms with E-state index in [9.17, 15) is 9.59 Å². The zero-order valence-electron chi connectivity index (χ0n) is 26.9. The molecule has 0 aliphatic carbocycles. The summed E-state index contributed by atoms with van der Waals surface area (Å²) in [4.78, 5) is 29.6. The zero-order chi connectivity index (χ0) is 31.4. The third-order valence-electron chi connectivity index (χ3n) is 6.79. The first-order valence-electron chi connectivity index (χ1n) is 14.0. The molecule has 2 unspecified atom stereocenters. The molecule has 0 aliphatic rings. The van der Waals surface area contributed by atoms with Gasteiger partial charge in [-0.3, -0.25) is 4.84 Å². The second kappa shape index (κ2) is 13.1. The first kappa shape index (κ1) is 34.5. The fourth-order valence-electron chi connectivity index (χ4n) is 3.74. The highest BCUT2D eigenvalue weighted by atomic mass is 28.4. The van der Waals surface area contributed by atoms with Gasteiger partial charge in [0.25, 0.3) is 0 Å². The molecule has 2 rings (SSSR count). The van der Waals surface area contributed by atoms with E-state index in [0.29, 0.717) is 18.8 Å². The largest absolute Gasteiger partial charge is 0.490 e. The molecule has 41 heavy (non-hydrogen) atoms. The molecule has 0 bridgehead atoms. The molecule has 3 N–H and O–H groups in total. The Hall–Kier alpha value is -2.67. The summed E-state index contributed by atoms with van der Waals surface area (Å²) in [6, 6.07) is 5.65. The van der Waals surface area contributed by atoms with Crippen molar-refractivity contribution in [1.82, 2.24) is 10.00 Å². The third-order valence-corrected chi connectivity index (χ3v) is 11.3. The number of alkyl carbamates (subject to hydrolysis) is 1. The van der Waals surface area contributed by atoms with E-state index in [-0.39, 0.29) is 17.7 Å². The highest BCUT2D eigenvalue weighted by molar-refractivity contribution is 6.74. The molecule has 0 saturated carbocycles. The van der Waals surface area contributed by atoms with Crippen LogP contribution in [0.1, 0.15) is 62.3 Å². The van der Waals surface area contributed by atoms with E-state index in [1.807, 2.05) is 56.9 Å². The van der Waals surface area contributed by atoms with Gasteiger partial charge < -0.3 is 24.0 Å². The van der Waals surface area contributed by atoms with E-state index in [1.54, 1.807) is 20.8 Å². The highest BCUT2D eigenvalue weighted by Crippen LogP contribution is 2.37. The Morgan fingerprint density at radius 1 is 1.02 bits per heavy atom. The highest BCUT2D eigenvalue weighted by Gasteiger charge is 2.40. The third kappa shape index (κ3) is 10.6. The van der Waals surface area contributed by atoms with Crippen LogP contribution < -0.4 is 20.6 Å². The molecule has 0 fully saturated rings. The monoisotopic (exact) mass is 595 g/mol. The van der Waals surface area contributed by atoms with Crippen molar-refractivity contribution in [1.29, 1.82) is 0 Å². The molecule has 1 aromatic carbocycles. The number of carbonyl (C=O) groups excluding carboxylic acids is 2. The molecule has 1 amide bonds. The van der Waals surface area contributed by atoms with Crippen molar-refractivity contribution in [3.63, 3.8) is 0 Å². The molecule has 232 valence electrons. The number of nitrogens with zero attached hydrogens (tertiary/aromatic N) is 2. The molecule has 12 heteroatoms. The topological polar surface area (TPSA) is 127 Å². The Morgan fingerprint density at radius 2 is 1.63 bits per heavy atom. The maximum Gasteiger partial charge on any atom is 0.407 e. The standard InChI is InChI=1S/C29H50N4O7Si/c1-27(2,3)37-25(34)24(39-30)19-36-21-13-14-23-20(15-21)17-33(32(23)10)18-22(40-41(11,12)29(7,8)9)16-31-26(35)38-28(4,5)6/h13-15,17,22,24H,16,18-19,30H2,1-12H3/p+1. The normalized spacial score (nSPS) is 14.5. The average molecular weight is 596 g/mol. The molecule has 1 heterocycles. The molecule has 1 aromatic heterocycles. The number of esters is 1. The van der Waals surface area contributed by atoms with Gasteiger partial charge in [-0.05, 0) is 71.8 Å². The molecular formula is C29H51N4O7Si+. The van der Waals surface area contributed by atoms with Crippen LogP contribution in [-0.2, 0) is 37.1 Å². The van der Waals surface area contributed by atoms with E-state index < -0.39 is 37.7 Å². The smallest absolute Gasteiger partial charge is 0.407 e. The molecule has 2 atom stereocenters. The molecule has 2 aromatic rings. The predicted octanol–water partition coefficient (Wildman–Crippen LogP) is 4.36. The van der Waals surface area contributed by atoms with E-state index in [1.165, 1.54) is 0 Å². The number of nitrogens with one attached hydrogen (secondary N) is 1. The molecule has 11 nitrogen and oxygen atoms in total. The Bertz CT molecular complexity index is 1190. The predicted molar refractivity (Wildman–Crippen MR) is 160 cm³/mol. The van der Waals surface area contributed by atoms with Crippen molar-refractivity contribution < 1.29 is 37.7 Å². The van der Waals surface area contributed by atoms with Gasteiger partial charge in [0, 0.05) is 12.6 Å². The Kier molecular flexibility index (Phi) is 11.0. The van der Waals surface area contributed by atoms with Crippen LogP contribution in [0.2, 0.25) is 18.1 Å². The van der Waals surface area contributed by atoms with Gasteiger partial charge >= 0.3 is 12.1 Å². The lowest BCUT2D eigenvalue weighted by molar-refractivity contribution is -0.731. The van der Waals surface area contributed by atoms with Gasteiger partial charge in [0.1, 0.15) is 30.1 Å². The van der Waals surface area contributed by atoms with Crippen molar-refractivity contribution in [2.45, 2.75) is 110 Å². The van der Waals surface area contributed by atoms with Crippen molar-refractivity contribution in [3.8, 4) is 5.75 Å². The fourth-order valence-corrected chi connectivity index (χ4v) is 5.09.